The van der Waals surface area contributed by atoms with Crippen molar-refractivity contribution in [2.24, 2.45) is 0 Å². The molecule has 0 amide bonds. The Morgan fingerprint density at radius 3 is 1.14 bits per heavy atom. The van der Waals surface area contributed by atoms with Crippen LogP contribution in [-0.2, 0) is 0 Å². The lowest BCUT2D eigenvalue weighted by Gasteiger charge is -2.12. The van der Waals surface area contributed by atoms with Crippen LogP contribution in [0.4, 0.5) is 0 Å². The first-order valence-electron chi connectivity index (χ1n) is 2.19. The van der Waals surface area contributed by atoms with E-state index >= 15 is 0 Å². The second kappa shape index (κ2) is 3.36. The van der Waals surface area contributed by atoms with Crippen LogP contribution in [0.2, 0.25) is 0 Å². The molecule has 0 aromatic carbocycles. The van der Waals surface area contributed by atoms with Crippen molar-refractivity contribution >= 4 is 8.88 Å². The summed E-state index contributed by atoms with van der Waals surface area (Å²) in [4.78, 5) is 0. The van der Waals surface area contributed by atoms with Crippen molar-refractivity contribution in [2.45, 2.75) is 0 Å². The zero-order valence-electron chi connectivity index (χ0n) is 5.34. The van der Waals surface area contributed by atoms with Gasteiger partial charge in [-0.2, -0.15) is 0 Å². The fraction of sp³-hybridized carbons (Fsp3) is 1.00. The van der Waals surface area contributed by atoms with Crippen LogP contribution in [0.5, 0.6) is 0 Å². The SMILES string of the molecule is CN(C)[P]N(C)C. The van der Waals surface area contributed by atoms with Crippen molar-refractivity contribution in [3.8, 4) is 0 Å². The molecule has 0 saturated carbocycles. The molecule has 0 spiro atoms. The van der Waals surface area contributed by atoms with Gasteiger partial charge in [0.15, 0.2) is 0 Å². The largest absolute Gasteiger partial charge is 0.271 e. The normalized spacial score (nSPS) is 11.1. The molecule has 0 saturated heterocycles. The van der Waals surface area contributed by atoms with Crippen LogP contribution < -0.4 is 0 Å². The van der Waals surface area contributed by atoms with Gasteiger partial charge in [0.2, 0.25) is 0 Å². The third kappa shape index (κ3) is 6.35. The number of hydrogen-bond donors (Lipinski definition) is 0. The molecule has 1 radical (unpaired) electrons. The molecule has 0 aliphatic rings. The Kier molecular flexibility index (Phi) is 3.53. The summed E-state index contributed by atoms with van der Waals surface area (Å²) in [6.45, 7) is 0. The highest BCUT2D eigenvalue weighted by Crippen LogP contribution is 2.13. The van der Waals surface area contributed by atoms with Crippen molar-refractivity contribution in [1.82, 2.24) is 9.34 Å². The van der Waals surface area contributed by atoms with E-state index < -0.39 is 0 Å². The minimum atomic E-state index is 1.24. The second-order valence-electron chi connectivity index (χ2n) is 1.78. The maximum atomic E-state index is 2.10. The summed E-state index contributed by atoms with van der Waals surface area (Å²) in [5, 5.41) is 0. The van der Waals surface area contributed by atoms with Gasteiger partial charge in [0.25, 0.3) is 0 Å². The molecule has 0 aliphatic heterocycles. The standard InChI is InChI=1S/C4H12N2P/c1-5(2)7-6(3)4/h1-4H3. The van der Waals surface area contributed by atoms with Gasteiger partial charge in [0.05, 0.1) is 8.88 Å². The average molecular weight is 119 g/mol. The van der Waals surface area contributed by atoms with E-state index in [0.717, 1.165) is 0 Å². The Hall–Kier alpha value is 0.350. The Balaban J connectivity index is 2.95. The van der Waals surface area contributed by atoms with E-state index in [9.17, 15) is 0 Å². The lowest BCUT2D eigenvalue weighted by Crippen LogP contribution is -2.07. The summed E-state index contributed by atoms with van der Waals surface area (Å²) >= 11 is 0. The molecule has 43 valence electrons. The molecular formula is C4H12N2P. The summed E-state index contributed by atoms with van der Waals surface area (Å²) < 4.78 is 4.19. The predicted molar refractivity (Wildman–Crippen MR) is 34.3 cm³/mol. The quantitative estimate of drug-likeness (QED) is 0.498. The van der Waals surface area contributed by atoms with E-state index in [-0.39, 0.29) is 0 Å². The van der Waals surface area contributed by atoms with Gasteiger partial charge in [-0.1, -0.05) is 0 Å². The van der Waals surface area contributed by atoms with Crippen molar-refractivity contribution in [3.63, 3.8) is 0 Å². The minimum absolute atomic E-state index is 1.24. The molecule has 0 atom stereocenters. The number of nitrogens with zero attached hydrogens (tertiary/aromatic N) is 2. The second-order valence-corrected chi connectivity index (χ2v) is 3.56. The lowest BCUT2D eigenvalue weighted by molar-refractivity contribution is 0.596. The summed E-state index contributed by atoms with van der Waals surface area (Å²) in [5.74, 6) is 0. The molecule has 0 aromatic rings. The van der Waals surface area contributed by atoms with Gasteiger partial charge in [-0.05, 0) is 28.2 Å². The van der Waals surface area contributed by atoms with Crippen LogP contribution in [0.3, 0.4) is 0 Å². The Morgan fingerprint density at radius 1 is 0.857 bits per heavy atom. The molecule has 0 aromatic heterocycles. The van der Waals surface area contributed by atoms with E-state index in [1.54, 1.807) is 0 Å². The van der Waals surface area contributed by atoms with Gasteiger partial charge < -0.3 is 0 Å². The van der Waals surface area contributed by atoms with Gasteiger partial charge in [-0.3, -0.25) is 9.34 Å². The molecule has 3 heteroatoms. The molecule has 7 heavy (non-hydrogen) atoms. The highest BCUT2D eigenvalue weighted by Gasteiger charge is 1.90. The van der Waals surface area contributed by atoms with E-state index in [0.29, 0.717) is 0 Å². The van der Waals surface area contributed by atoms with Crippen LogP contribution in [-0.4, -0.2) is 37.5 Å². The van der Waals surface area contributed by atoms with E-state index in [2.05, 4.69) is 9.34 Å². The number of hydrogen-bond acceptors (Lipinski definition) is 2. The first-order valence-corrected chi connectivity index (χ1v) is 2.99. The van der Waals surface area contributed by atoms with E-state index in [1.165, 1.54) is 8.88 Å². The zero-order valence-corrected chi connectivity index (χ0v) is 6.24. The highest BCUT2D eigenvalue weighted by atomic mass is 31.1. The van der Waals surface area contributed by atoms with Gasteiger partial charge in [-0.25, -0.2) is 0 Å². The third-order valence-corrected chi connectivity index (χ3v) is 1.07. The highest BCUT2D eigenvalue weighted by molar-refractivity contribution is 7.32. The predicted octanol–water partition coefficient (Wildman–Crippen LogP) is 0.886. The van der Waals surface area contributed by atoms with E-state index in [4.69, 9.17) is 0 Å². The lowest BCUT2D eigenvalue weighted by atomic mass is 11.3. The molecule has 0 heterocycles. The van der Waals surface area contributed by atoms with Crippen LogP contribution in [0, 0.1) is 0 Å². The van der Waals surface area contributed by atoms with Crippen molar-refractivity contribution in [3.05, 3.63) is 0 Å². The Morgan fingerprint density at radius 2 is 1.14 bits per heavy atom. The van der Waals surface area contributed by atoms with Crippen LogP contribution in [0.15, 0.2) is 0 Å². The Labute approximate surface area is 47.4 Å². The van der Waals surface area contributed by atoms with Crippen LogP contribution in [0.25, 0.3) is 0 Å². The topological polar surface area (TPSA) is 6.48 Å². The smallest absolute Gasteiger partial charge is 0.0964 e. The first-order chi connectivity index (χ1) is 3.13. The summed E-state index contributed by atoms with van der Waals surface area (Å²) in [6.07, 6.45) is 0. The third-order valence-electron chi connectivity index (χ3n) is 0.358. The molecule has 0 aliphatic carbocycles. The summed E-state index contributed by atoms with van der Waals surface area (Å²) in [6, 6.07) is 0. The molecule has 2 nitrogen and oxygen atoms in total. The van der Waals surface area contributed by atoms with Crippen LogP contribution >= 0.6 is 8.88 Å². The summed E-state index contributed by atoms with van der Waals surface area (Å²) in [7, 11) is 9.42. The van der Waals surface area contributed by atoms with Gasteiger partial charge in [-0.15, -0.1) is 0 Å². The van der Waals surface area contributed by atoms with Crippen LogP contribution in [0.1, 0.15) is 0 Å². The fourth-order valence-corrected chi connectivity index (χ4v) is 1.07. The van der Waals surface area contributed by atoms with E-state index in [1.807, 2.05) is 28.2 Å². The molecule has 0 unspecified atom stereocenters. The molecule has 0 bridgehead atoms. The van der Waals surface area contributed by atoms with Crippen molar-refractivity contribution < 1.29 is 0 Å². The average Bonchev–Trinajstić information content (AvgIpc) is 1.27. The molecule has 0 N–H and O–H groups in total. The Bertz CT molecular complexity index is 39.0. The maximum Gasteiger partial charge on any atom is 0.0964 e. The molecular weight excluding hydrogens is 107 g/mol. The monoisotopic (exact) mass is 119 g/mol. The first kappa shape index (κ1) is 7.35. The molecule has 0 fully saturated rings. The van der Waals surface area contributed by atoms with Crippen molar-refractivity contribution in [1.29, 1.82) is 0 Å². The fourth-order valence-electron chi connectivity index (χ4n) is 0.358. The number of rotatable bonds is 2. The molecule has 0 rings (SSSR count). The van der Waals surface area contributed by atoms with Gasteiger partial charge in [0.1, 0.15) is 0 Å². The van der Waals surface area contributed by atoms with Crippen molar-refractivity contribution in [2.75, 3.05) is 28.2 Å². The summed E-state index contributed by atoms with van der Waals surface area (Å²) in [5.41, 5.74) is 0. The van der Waals surface area contributed by atoms with Gasteiger partial charge in [0, 0.05) is 0 Å². The zero-order chi connectivity index (χ0) is 5.86. The minimum Gasteiger partial charge on any atom is -0.271 e. The maximum absolute atomic E-state index is 2.10. The van der Waals surface area contributed by atoms with Gasteiger partial charge >= 0.3 is 0 Å².